The number of carbonyl (C=O) groups is 3. The van der Waals surface area contributed by atoms with E-state index >= 15 is 0 Å². The topological polar surface area (TPSA) is 78.9 Å². The highest BCUT2D eigenvalue weighted by atomic mass is 16.6. The smallest absolute Gasteiger partial charge is 0.306 e. The zero-order valence-electron chi connectivity index (χ0n) is 51.7. The molecule has 1 unspecified atom stereocenters. The van der Waals surface area contributed by atoms with Crippen LogP contribution in [0.5, 0.6) is 0 Å². The molecule has 6 nitrogen and oxygen atoms in total. The Morgan fingerprint density at radius 2 is 0.469 bits per heavy atom. The van der Waals surface area contributed by atoms with Gasteiger partial charge in [-0.1, -0.05) is 274 Å². The molecule has 0 rings (SSSR count). The number of ether oxygens (including phenoxy) is 3. The van der Waals surface area contributed by atoms with Gasteiger partial charge >= 0.3 is 17.9 Å². The van der Waals surface area contributed by atoms with E-state index < -0.39 is 12.1 Å². The molecule has 0 fully saturated rings. The highest BCUT2D eigenvalue weighted by Crippen LogP contribution is 2.15. The van der Waals surface area contributed by atoms with E-state index in [1.165, 1.54) is 64.2 Å². The third-order valence-corrected chi connectivity index (χ3v) is 12.9. The van der Waals surface area contributed by atoms with Crippen LogP contribution < -0.4 is 0 Å². The number of allylic oxidation sites excluding steroid dienone is 30. The number of hydrogen-bond acceptors (Lipinski definition) is 6. The zero-order chi connectivity index (χ0) is 58.5. The number of rotatable bonds is 56. The zero-order valence-corrected chi connectivity index (χ0v) is 51.7. The Morgan fingerprint density at radius 1 is 0.247 bits per heavy atom. The van der Waals surface area contributed by atoms with Crippen LogP contribution in [0.2, 0.25) is 0 Å². The normalized spacial score (nSPS) is 13.4. The van der Waals surface area contributed by atoms with Gasteiger partial charge in [-0.3, -0.25) is 14.4 Å². The highest BCUT2D eigenvalue weighted by molar-refractivity contribution is 5.71. The molecule has 0 bridgehead atoms. The molecule has 0 N–H and O–H groups in total. The third-order valence-electron chi connectivity index (χ3n) is 12.9. The SMILES string of the molecule is CC/C=C\C/C=C\C/C=C\C/C=C\C/C=C\C/C=C\CCCCCCCCCCCCCCC(=O)OCC(COC(=O)CCCCC/C=C\C/C=C\C/C=C\CC)OC(=O)CC/C=C\C/C=C\C/C=C\C/C=C\C/C=C\C/C=C\CC. The van der Waals surface area contributed by atoms with Crippen molar-refractivity contribution in [2.45, 2.75) is 258 Å². The maximum absolute atomic E-state index is 12.9. The minimum absolute atomic E-state index is 0.127. The summed E-state index contributed by atoms with van der Waals surface area (Å²) in [6.45, 7) is 6.20. The van der Waals surface area contributed by atoms with Gasteiger partial charge < -0.3 is 14.2 Å². The summed E-state index contributed by atoms with van der Waals surface area (Å²) in [5, 5.41) is 0. The molecule has 0 aromatic heterocycles. The Kier molecular flexibility index (Phi) is 62.5. The predicted molar refractivity (Wildman–Crippen MR) is 352 cm³/mol. The van der Waals surface area contributed by atoms with Gasteiger partial charge in [-0.15, -0.1) is 0 Å². The lowest BCUT2D eigenvalue weighted by molar-refractivity contribution is -0.166. The molecule has 0 saturated heterocycles. The van der Waals surface area contributed by atoms with E-state index in [4.69, 9.17) is 14.2 Å². The average Bonchev–Trinajstić information content (AvgIpc) is 3.46. The number of unbranched alkanes of at least 4 members (excludes halogenated alkanes) is 15. The van der Waals surface area contributed by atoms with E-state index in [1.807, 2.05) is 12.2 Å². The molecule has 0 aliphatic rings. The fourth-order valence-corrected chi connectivity index (χ4v) is 8.19. The molecule has 81 heavy (non-hydrogen) atoms. The Labute approximate surface area is 497 Å². The summed E-state index contributed by atoms with van der Waals surface area (Å²) in [4.78, 5) is 38.2. The number of esters is 3. The first-order valence-corrected chi connectivity index (χ1v) is 32.3. The monoisotopic (exact) mass is 1110 g/mol. The van der Waals surface area contributed by atoms with Crippen molar-refractivity contribution in [1.29, 1.82) is 0 Å². The van der Waals surface area contributed by atoms with Crippen LogP contribution in [0.1, 0.15) is 252 Å². The van der Waals surface area contributed by atoms with E-state index in [1.54, 1.807) is 0 Å². The van der Waals surface area contributed by atoms with Crippen LogP contribution >= 0.6 is 0 Å². The van der Waals surface area contributed by atoms with Crippen LogP contribution in [0.15, 0.2) is 182 Å². The van der Waals surface area contributed by atoms with Crippen molar-refractivity contribution in [2.75, 3.05) is 13.2 Å². The molecular weight excluding hydrogens is 997 g/mol. The van der Waals surface area contributed by atoms with Crippen molar-refractivity contribution < 1.29 is 28.6 Å². The molecule has 452 valence electrons. The summed E-state index contributed by atoms with van der Waals surface area (Å²) >= 11 is 0. The third kappa shape index (κ3) is 65.2. The van der Waals surface area contributed by atoms with Gasteiger partial charge in [0.15, 0.2) is 6.10 Å². The molecule has 0 aromatic rings. The van der Waals surface area contributed by atoms with Crippen molar-refractivity contribution >= 4 is 17.9 Å². The van der Waals surface area contributed by atoms with Gasteiger partial charge in [-0.25, -0.2) is 0 Å². The van der Waals surface area contributed by atoms with Crippen LogP contribution in [-0.2, 0) is 28.6 Å². The molecule has 1 atom stereocenters. The van der Waals surface area contributed by atoms with Crippen molar-refractivity contribution in [3.63, 3.8) is 0 Å². The minimum Gasteiger partial charge on any atom is -0.462 e. The van der Waals surface area contributed by atoms with Crippen molar-refractivity contribution in [2.24, 2.45) is 0 Å². The van der Waals surface area contributed by atoms with Gasteiger partial charge in [0.05, 0.1) is 0 Å². The Bertz CT molecular complexity index is 1900. The van der Waals surface area contributed by atoms with Crippen LogP contribution in [0.25, 0.3) is 0 Å². The fraction of sp³-hybridized carbons (Fsp3) is 0.560. The molecule has 0 spiro atoms. The van der Waals surface area contributed by atoms with Crippen LogP contribution in [0, 0.1) is 0 Å². The Hall–Kier alpha value is -5.49. The summed E-state index contributed by atoms with van der Waals surface area (Å²) in [5.41, 5.74) is 0. The first-order valence-electron chi connectivity index (χ1n) is 32.3. The standard InChI is InChI=1S/C75H116O6/c1-4-7-10-13-16-19-22-25-27-29-31-32-33-34-35-36-37-38-39-40-41-42-44-45-47-50-53-56-59-62-65-68-74(77)80-71-72(70-79-73(76)67-64-61-58-55-52-49-24-21-18-15-12-9-6-3)81-75(78)69-66-63-60-57-54-51-48-46-43-30-28-26-23-20-17-14-11-8-5-2/h7-12,16-21,25-28,31-32,34-35,37-38,43,46,49,51-52,54,60,63,72H,4-6,13-15,22-24,29-30,33,36,39-42,44-45,47-48,50,53,55-59,61-62,64-71H2,1-3H3/b10-7-,11-8-,12-9-,19-16-,20-17-,21-18-,27-25-,28-26-,32-31-,35-34-,38-37-,46-43-,52-49-,54-51-,63-60-. The first-order chi connectivity index (χ1) is 40.0. The lowest BCUT2D eigenvalue weighted by atomic mass is 10.0. The molecule has 0 amide bonds. The summed E-state index contributed by atoms with van der Waals surface area (Å²) in [5.74, 6) is -1.05. The molecule has 0 heterocycles. The molecule has 6 heteroatoms. The highest BCUT2D eigenvalue weighted by Gasteiger charge is 2.19. The van der Waals surface area contributed by atoms with Gasteiger partial charge in [0, 0.05) is 19.3 Å². The van der Waals surface area contributed by atoms with Crippen molar-refractivity contribution in [3.05, 3.63) is 182 Å². The maximum Gasteiger partial charge on any atom is 0.306 e. The summed E-state index contributed by atoms with van der Waals surface area (Å²) in [7, 11) is 0. The van der Waals surface area contributed by atoms with E-state index in [-0.39, 0.29) is 31.6 Å². The summed E-state index contributed by atoms with van der Waals surface area (Å²) in [6.07, 6.45) is 101. The molecule has 0 aliphatic carbocycles. The second-order valence-electron chi connectivity index (χ2n) is 20.5. The number of hydrogen-bond donors (Lipinski definition) is 0. The second kappa shape index (κ2) is 67.0. The largest absolute Gasteiger partial charge is 0.462 e. The Balaban J connectivity index is 4.39. The van der Waals surface area contributed by atoms with E-state index in [9.17, 15) is 14.4 Å². The fourth-order valence-electron chi connectivity index (χ4n) is 8.19. The second-order valence-corrected chi connectivity index (χ2v) is 20.5. The van der Waals surface area contributed by atoms with E-state index in [0.717, 1.165) is 141 Å². The minimum atomic E-state index is -0.842. The molecule has 0 aromatic carbocycles. The van der Waals surface area contributed by atoms with Gasteiger partial charge in [0.2, 0.25) is 0 Å². The lowest BCUT2D eigenvalue weighted by Gasteiger charge is -2.18. The van der Waals surface area contributed by atoms with Crippen LogP contribution in [0.4, 0.5) is 0 Å². The molecule has 0 saturated carbocycles. The Morgan fingerprint density at radius 3 is 0.753 bits per heavy atom. The maximum atomic E-state index is 12.9. The predicted octanol–water partition coefficient (Wildman–Crippen LogP) is 22.4. The van der Waals surface area contributed by atoms with Crippen LogP contribution in [-0.4, -0.2) is 37.2 Å². The van der Waals surface area contributed by atoms with Gasteiger partial charge in [0.1, 0.15) is 13.2 Å². The van der Waals surface area contributed by atoms with Crippen molar-refractivity contribution in [1.82, 2.24) is 0 Å². The van der Waals surface area contributed by atoms with E-state index in [2.05, 4.69) is 191 Å². The molecule has 0 radical (unpaired) electrons. The van der Waals surface area contributed by atoms with Gasteiger partial charge in [-0.05, 0) is 141 Å². The lowest BCUT2D eigenvalue weighted by Crippen LogP contribution is -2.30. The summed E-state index contributed by atoms with van der Waals surface area (Å²) < 4.78 is 16.8. The average molecular weight is 1110 g/mol. The molecular formula is C75H116O6. The molecule has 0 aliphatic heterocycles. The quantitative estimate of drug-likeness (QED) is 0.0261. The number of carbonyl (C=O) groups excluding carboxylic acids is 3. The van der Waals surface area contributed by atoms with Crippen molar-refractivity contribution in [3.8, 4) is 0 Å². The summed E-state index contributed by atoms with van der Waals surface area (Å²) in [6, 6.07) is 0. The van der Waals surface area contributed by atoms with E-state index in [0.29, 0.717) is 19.3 Å². The van der Waals surface area contributed by atoms with Gasteiger partial charge in [0.25, 0.3) is 0 Å². The van der Waals surface area contributed by atoms with Crippen LogP contribution in [0.3, 0.4) is 0 Å². The van der Waals surface area contributed by atoms with Gasteiger partial charge in [-0.2, -0.15) is 0 Å². The first kappa shape index (κ1) is 75.5.